The third-order valence-electron chi connectivity index (χ3n) is 7.57. The average Bonchev–Trinajstić information content (AvgIpc) is 3.44. The fourth-order valence-electron chi connectivity index (χ4n) is 5.83. The summed E-state index contributed by atoms with van der Waals surface area (Å²) in [7, 11) is 0. The van der Waals surface area contributed by atoms with E-state index in [-0.39, 0.29) is 5.78 Å². The molecule has 7 rings (SSSR count). The Morgan fingerprint density at radius 3 is 1.81 bits per heavy atom. The summed E-state index contributed by atoms with van der Waals surface area (Å²) in [4.78, 5) is 13.6. The van der Waals surface area contributed by atoms with Crippen molar-refractivity contribution in [3.8, 4) is 5.69 Å². The highest BCUT2D eigenvalue weighted by atomic mass is 16.1. The van der Waals surface area contributed by atoms with Gasteiger partial charge in [0.05, 0.1) is 11.0 Å². The number of hydrogen-bond donors (Lipinski definition) is 0. The van der Waals surface area contributed by atoms with E-state index in [0.29, 0.717) is 11.1 Å². The van der Waals surface area contributed by atoms with Crippen molar-refractivity contribution < 1.29 is 4.79 Å². The molecule has 3 nitrogen and oxygen atoms in total. The average molecular weight is 479 g/mol. The standard InChI is InChI=1S/C34H26N2O/c1-3-35-30-18-12-22(2)20-28(30)29-21-24(15-19-31(29)35)34(37)23-13-16-25(17-14-23)36-32-10-6-4-8-26(32)27-9-5-7-11-33(27)36/h4-21H,3H2,1-2H3. The van der Waals surface area contributed by atoms with Gasteiger partial charge in [0.25, 0.3) is 0 Å². The van der Waals surface area contributed by atoms with Crippen molar-refractivity contribution in [3.05, 3.63) is 126 Å². The highest BCUT2D eigenvalue weighted by Gasteiger charge is 2.16. The van der Waals surface area contributed by atoms with Gasteiger partial charge in [-0.25, -0.2) is 0 Å². The smallest absolute Gasteiger partial charge is 0.193 e. The Hall–Kier alpha value is -4.63. The summed E-state index contributed by atoms with van der Waals surface area (Å²) in [5.41, 5.74) is 8.38. The summed E-state index contributed by atoms with van der Waals surface area (Å²) in [5, 5.41) is 4.79. The lowest BCUT2D eigenvalue weighted by Crippen LogP contribution is -2.02. The second-order valence-electron chi connectivity index (χ2n) is 9.74. The van der Waals surface area contributed by atoms with Gasteiger partial charge in [0, 0.05) is 55.9 Å². The van der Waals surface area contributed by atoms with E-state index in [1.54, 1.807) is 0 Å². The molecular formula is C34H26N2O. The molecule has 0 saturated heterocycles. The maximum Gasteiger partial charge on any atom is 0.193 e. The highest BCUT2D eigenvalue weighted by Crippen LogP contribution is 2.33. The molecule has 0 aliphatic heterocycles. The molecule has 0 radical (unpaired) electrons. The molecule has 0 spiro atoms. The summed E-state index contributed by atoms with van der Waals surface area (Å²) >= 11 is 0. The first-order valence-electron chi connectivity index (χ1n) is 12.8. The van der Waals surface area contributed by atoms with E-state index in [9.17, 15) is 4.79 Å². The van der Waals surface area contributed by atoms with Crippen LogP contribution in [0.15, 0.2) is 109 Å². The Morgan fingerprint density at radius 2 is 1.16 bits per heavy atom. The van der Waals surface area contributed by atoms with Gasteiger partial charge in [-0.05, 0) is 80.6 Å². The van der Waals surface area contributed by atoms with Gasteiger partial charge in [-0.2, -0.15) is 0 Å². The number of para-hydroxylation sites is 2. The molecule has 5 aromatic carbocycles. The quantitative estimate of drug-likeness (QED) is 0.233. The van der Waals surface area contributed by atoms with Crippen LogP contribution in [-0.2, 0) is 6.54 Å². The summed E-state index contributed by atoms with van der Waals surface area (Å²) < 4.78 is 4.59. The van der Waals surface area contributed by atoms with Gasteiger partial charge in [-0.15, -0.1) is 0 Å². The van der Waals surface area contributed by atoms with Crippen LogP contribution in [-0.4, -0.2) is 14.9 Å². The monoisotopic (exact) mass is 478 g/mol. The molecule has 2 aromatic heterocycles. The molecule has 7 aromatic rings. The Kier molecular flexibility index (Phi) is 4.80. The minimum absolute atomic E-state index is 0.0423. The predicted octanol–water partition coefficient (Wildman–Crippen LogP) is 8.45. The Bertz CT molecular complexity index is 1930. The van der Waals surface area contributed by atoms with Gasteiger partial charge in [-0.3, -0.25) is 4.79 Å². The van der Waals surface area contributed by atoms with Crippen molar-refractivity contribution in [1.29, 1.82) is 0 Å². The van der Waals surface area contributed by atoms with Crippen LogP contribution in [0.3, 0.4) is 0 Å². The number of hydrogen-bond acceptors (Lipinski definition) is 1. The largest absolute Gasteiger partial charge is 0.341 e. The maximum atomic E-state index is 13.6. The minimum Gasteiger partial charge on any atom is -0.341 e. The maximum absolute atomic E-state index is 13.6. The fourth-order valence-corrected chi connectivity index (χ4v) is 5.83. The van der Waals surface area contributed by atoms with Crippen LogP contribution >= 0.6 is 0 Å². The van der Waals surface area contributed by atoms with Gasteiger partial charge in [-0.1, -0.05) is 48.0 Å². The third-order valence-corrected chi connectivity index (χ3v) is 7.57. The number of rotatable bonds is 4. The van der Waals surface area contributed by atoms with E-state index < -0.39 is 0 Å². The molecule has 0 unspecified atom stereocenters. The van der Waals surface area contributed by atoms with Gasteiger partial charge >= 0.3 is 0 Å². The lowest BCUT2D eigenvalue weighted by molar-refractivity contribution is 0.103. The fraction of sp³-hybridized carbons (Fsp3) is 0.0882. The van der Waals surface area contributed by atoms with Crippen LogP contribution < -0.4 is 0 Å². The molecule has 3 heteroatoms. The van der Waals surface area contributed by atoms with Gasteiger partial charge in [0.15, 0.2) is 5.78 Å². The van der Waals surface area contributed by atoms with Crippen LogP contribution in [0.5, 0.6) is 0 Å². The molecule has 2 heterocycles. The lowest BCUT2D eigenvalue weighted by atomic mass is 10.0. The molecular weight excluding hydrogens is 452 g/mol. The predicted molar refractivity (Wildman–Crippen MR) is 154 cm³/mol. The van der Waals surface area contributed by atoms with Crippen LogP contribution in [0.1, 0.15) is 28.4 Å². The van der Waals surface area contributed by atoms with E-state index in [1.807, 2.05) is 18.2 Å². The summed E-state index contributed by atoms with van der Waals surface area (Å²) in [6, 6.07) is 37.6. The highest BCUT2D eigenvalue weighted by molar-refractivity contribution is 6.15. The summed E-state index contributed by atoms with van der Waals surface area (Å²) in [6.45, 7) is 5.17. The molecule has 0 fully saturated rings. The normalized spacial score (nSPS) is 11.7. The van der Waals surface area contributed by atoms with Crippen LogP contribution in [0.25, 0.3) is 49.3 Å². The number of aromatic nitrogens is 2. The zero-order valence-electron chi connectivity index (χ0n) is 20.9. The molecule has 0 amide bonds. The SMILES string of the molecule is CCn1c2ccc(C)cc2c2cc(C(=O)c3ccc(-n4c5ccccc5c5ccccc54)cc3)ccc21. The molecule has 0 bridgehead atoms. The van der Waals surface area contributed by atoms with Crippen molar-refractivity contribution in [2.45, 2.75) is 20.4 Å². The number of aryl methyl sites for hydroxylation is 2. The first-order valence-corrected chi connectivity index (χ1v) is 12.8. The molecule has 0 N–H and O–H groups in total. The van der Waals surface area contributed by atoms with E-state index >= 15 is 0 Å². The molecule has 178 valence electrons. The van der Waals surface area contributed by atoms with Gasteiger partial charge in [0.2, 0.25) is 0 Å². The first-order chi connectivity index (χ1) is 18.1. The second kappa shape index (κ2) is 8.21. The van der Waals surface area contributed by atoms with E-state index in [0.717, 1.165) is 28.7 Å². The molecule has 0 atom stereocenters. The van der Waals surface area contributed by atoms with Crippen LogP contribution in [0.4, 0.5) is 0 Å². The number of fused-ring (bicyclic) bond motifs is 6. The van der Waals surface area contributed by atoms with E-state index in [4.69, 9.17) is 0 Å². The number of carbonyl (C=O) groups is 1. The molecule has 0 aliphatic carbocycles. The van der Waals surface area contributed by atoms with Crippen molar-refractivity contribution in [1.82, 2.24) is 9.13 Å². The van der Waals surface area contributed by atoms with Crippen molar-refractivity contribution in [2.24, 2.45) is 0 Å². The zero-order valence-corrected chi connectivity index (χ0v) is 20.9. The Balaban J connectivity index is 1.31. The van der Waals surface area contributed by atoms with Crippen LogP contribution in [0.2, 0.25) is 0 Å². The van der Waals surface area contributed by atoms with E-state index in [1.165, 1.54) is 32.8 Å². The Labute approximate surface area is 215 Å². The Morgan fingerprint density at radius 1 is 0.595 bits per heavy atom. The molecule has 0 saturated carbocycles. The third kappa shape index (κ3) is 3.24. The number of carbonyl (C=O) groups excluding carboxylic acids is 1. The van der Waals surface area contributed by atoms with E-state index in [2.05, 4.69) is 114 Å². The summed E-state index contributed by atoms with van der Waals surface area (Å²) in [6.07, 6.45) is 0. The molecule has 0 aliphatic rings. The number of nitrogens with zero attached hydrogens (tertiary/aromatic N) is 2. The summed E-state index contributed by atoms with van der Waals surface area (Å²) in [5.74, 6) is 0.0423. The lowest BCUT2D eigenvalue weighted by Gasteiger charge is -2.09. The topological polar surface area (TPSA) is 26.9 Å². The zero-order chi connectivity index (χ0) is 25.1. The van der Waals surface area contributed by atoms with Crippen LogP contribution in [0, 0.1) is 6.92 Å². The van der Waals surface area contributed by atoms with Crippen molar-refractivity contribution in [2.75, 3.05) is 0 Å². The first kappa shape index (κ1) is 21.6. The van der Waals surface area contributed by atoms with Crippen molar-refractivity contribution in [3.63, 3.8) is 0 Å². The van der Waals surface area contributed by atoms with Gasteiger partial charge in [0.1, 0.15) is 0 Å². The second-order valence-corrected chi connectivity index (χ2v) is 9.74. The minimum atomic E-state index is 0.0423. The molecule has 37 heavy (non-hydrogen) atoms. The van der Waals surface area contributed by atoms with Gasteiger partial charge < -0.3 is 9.13 Å². The number of ketones is 1. The van der Waals surface area contributed by atoms with Crippen molar-refractivity contribution >= 4 is 49.4 Å². The number of benzene rings is 5.